The van der Waals surface area contributed by atoms with Gasteiger partial charge in [0.2, 0.25) is 5.91 Å². The number of nitrogens with two attached hydrogens (primary N) is 1. The normalized spacial score (nSPS) is 15.3. The van der Waals surface area contributed by atoms with Crippen LogP contribution in [0.15, 0.2) is 30.3 Å². The van der Waals surface area contributed by atoms with Gasteiger partial charge in [0.1, 0.15) is 11.6 Å². The lowest BCUT2D eigenvalue weighted by Crippen LogP contribution is -2.57. The number of carbonyl (C=O) groups is 3. The SMILES string of the molecule is COC(=O)[C@H](C)NC[C@H](N[C@@H](CC(C)C)C(N)=O)[C@@H](NC(=O)OC(C)(C)C)c1ccccc1. The molecule has 1 aromatic carbocycles. The van der Waals surface area contributed by atoms with Gasteiger partial charge in [0.25, 0.3) is 0 Å². The summed E-state index contributed by atoms with van der Waals surface area (Å²) in [4.78, 5) is 36.8. The average Bonchev–Trinajstić information content (AvgIpc) is 2.72. The summed E-state index contributed by atoms with van der Waals surface area (Å²) in [5.74, 6) is -0.691. The van der Waals surface area contributed by atoms with Gasteiger partial charge in [-0.25, -0.2) is 4.79 Å². The molecular weight excluding hydrogens is 424 g/mol. The maximum Gasteiger partial charge on any atom is 0.408 e. The molecule has 5 N–H and O–H groups in total. The Morgan fingerprint density at radius 1 is 1.06 bits per heavy atom. The summed E-state index contributed by atoms with van der Waals surface area (Å²) in [5.41, 5.74) is 5.80. The molecule has 2 amide bonds. The minimum absolute atomic E-state index is 0.214. The summed E-state index contributed by atoms with van der Waals surface area (Å²) in [7, 11) is 1.32. The molecule has 0 radical (unpaired) electrons. The summed E-state index contributed by atoms with van der Waals surface area (Å²) in [6.07, 6.45) is -0.0737. The van der Waals surface area contributed by atoms with Gasteiger partial charge < -0.3 is 25.8 Å². The molecule has 9 nitrogen and oxygen atoms in total. The molecule has 0 bridgehead atoms. The lowest BCUT2D eigenvalue weighted by molar-refractivity contribution is -0.142. The van der Waals surface area contributed by atoms with Crippen LogP contribution in [0.4, 0.5) is 4.79 Å². The van der Waals surface area contributed by atoms with Crippen molar-refractivity contribution >= 4 is 18.0 Å². The van der Waals surface area contributed by atoms with Crippen molar-refractivity contribution in [3.8, 4) is 0 Å². The number of rotatable bonds is 12. The predicted octanol–water partition coefficient (Wildman–Crippen LogP) is 2.26. The number of primary amides is 1. The lowest BCUT2D eigenvalue weighted by atomic mass is 9.96. The molecule has 0 heterocycles. The molecule has 9 heteroatoms. The molecule has 0 saturated carbocycles. The summed E-state index contributed by atoms with van der Waals surface area (Å²) in [5, 5.41) is 9.35. The predicted molar refractivity (Wildman–Crippen MR) is 127 cm³/mol. The van der Waals surface area contributed by atoms with Crippen LogP contribution >= 0.6 is 0 Å². The molecule has 0 aliphatic heterocycles. The summed E-state index contributed by atoms with van der Waals surface area (Å²) < 4.78 is 10.3. The van der Waals surface area contributed by atoms with Crippen LogP contribution in [0.1, 0.15) is 59.6 Å². The molecule has 4 atom stereocenters. The van der Waals surface area contributed by atoms with Crippen LogP contribution in [0.2, 0.25) is 0 Å². The van der Waals surface area contributed by atoms with E-state index in [4.69, 9.17) is 15.2 Å². The van der Waals surface area contributed by atoms with Crippen molar-refractivity contribution in [3.05, 3.63) is 35.9 Å². The minimum Gasteiger partial charge on any atom is -0.468 e. The van der Waals surface area contributed by atoms with Crippen LogP contribution in [0.5, 0.6) is 0 Å². The van der Waals surface area contributed by atoms with Crippen LogP contribution in [0.25, 0.3) is 0 Å². The number of nitrogens with one attached hydrogen (secondary N) is 3. The highest BCUT2D eigenvalue weighted by atomic mass is 16.6. The smallest absolute Gasteiger partial charge is 0.408 e. The van der Waals surface area contributed by atoms with E-state index < -0.39 is 47.7 Å². The van der Waals surface area contributed by atoms with Gasteiger partial charge >= 0.3 is 12.1 Å². The van der Waals surface area contributed by atoms with E-state index in [0.717, 1.165) is 5.56 Å². The molecule has 186 valence electrons. The van der Waals surface area contributed by atoms with Crippen molar-refractivity contribution in [2.75, 3.05) is 13.7 Å². The zero-order valence-electron chi connectivity index (χ0n) is 20.8. The third kappa shape index (κ3) is 10.7. The number of carbonyl (C=O) groups excluding carboxylic acids is 3. The molecule has 0 spiro atoms. The second kappa shape index (κ2) is 13.2. The Morgan fingerprint density at radius 2 is 1.67 bits per heavy atom. The van der Waals surface area contributed by atoms with E-state index in [1.807, 2.05) is 44.2 Å². The lowest BCUT2D eigenvalue weighted by Gasteiger charge is -2.33. The molecule has 0 fully saturated rings. The third-order valence-electron chi connectivity index (χ3n) is 4.90. The first kappa shape index (κ1) is 28.4. The number of methoxy groups -OCH3 is 1. The number of hydrogen-bond acceptors (Lipinski definition) is 7. The van der Waals surface area contributed by atoms with Crippen LogP contribution in [0.3, 0.4) is 0 Å². The van der Waals surface area contributed by atoms with Crippen molar-refractivity contribution in [2.45, 2.75) is 77.7 Å². The number of hydrogen-bond donors (Lipinski definition) is 4. The Labute approximate surface area is 197 Å². The molecular formula is C24H40N4O5. The van der Waals surface area contributed by atoms with Gasteiger partial charge in [-0.1, -0.05) is 44.2 Å². The van der Waals surface area contributed by atoms with Crippen molar-refractivity contribution in [2.24, 2.45) is 11.7 Å². The van der Waals surface area contributed by atoms with Gasteiger partial charge in [0, 0.05) is 12.6 Å². The van der Waals surface area contributed by atoms with E-state index in [1.165, 1.54) is 7.11 Å². The van der Waals surface area contributed by atoms with Gasteiger partial charge in [-0.15, -0.1) is 0 Å². The maximum absolute atomic E-state index is 12.7. The Kier molecular flexibility index (Phi) is 11.3. The highest BCUT2D eigenvalue weighted by molar-refractivity contribution is 5.80. The Bertz CT molecular complexity index is 764. The zero-order chi connectivity index (χ0) is 25.2. The molecule has 0 aliphatic carbocycles. The third-order valence-corrected chi connectivity index (χ3v) is 4.90. The van der Waals surface area contributed by atoms with Gasteiger partial charge in [-0.3, -0.25) is 14.9 Å². The molecule has 1 aromatic rings. The van der Waals surface area contributed by atoms with Gasteiger partial charge in [-0.2, -0.15) is 0 Å². The number of ether oxygens (including phenoxy) is 2. The van der Waals surface area contributed by atoms with Crippen LogP contribution < -0.4 is 21.7 Å². The van der Waals surface area contributed by atoms with Crippen molar-refractivity contribution in [1.29, 1.82) is 0 Å². The topological polar surface area (TPSA) is 132 Å². The van der Waals surface area contributed by atoms with E-state index >= 15 is 0 Å². The molecule has 0 aromatic heterocycles. The van der Waals surface area contributed by atoms with Crippen LogP contribution in [-0.2, 0) is 19.1 Å². The molecule has 0 aliphatic rings. The first-order valence-electron chi connectivity index (χ1n) is 11.2. The van der Waals surface area contributed by atoms with Crippen molar-refractivity contribution in [3.63, 3.8) is 0 Å². The van der Waals surface area contributed by atoms with Gasteiger partial charge in [0.15, 0.2) is 0 Å². The molecule has 0 unspecified atom stereocenters. The van der Waals surface area contributed by atoms with E-state index in [1.54, 1.807) is 27.7 Å². The number of amides is 2. The maximum atomic E-state index is 12.7. The Morgan fingerprint density at radius 3 is 2.15 bits per heavy atom. The van der Waals surface area contributed by atoms with Crippen LogP contribution in [-0.4, -0.2) is 55.4 Å². The monoisotopic (exact) mass is 464 g/mol. The quantitative estimate of drug-likeness (QED) is 0.349. The average molecular weight is 465 g/mol. The highest BCUT2D eigenvalue weighted by Gasteiger charge is 2.31. The van der Waals surface area contributed by atoms with Crippen molar-refractivity contribution < 1.29 is 23.9 Å². The fourth-order valence-electron chi connectivity index (χ4n) is 3.34. The van der Waals surface area contributed by atoms with E-state index in [-0.39, 0.29) is 12.5 Å². The summed E-state index contributed by atoms with van der Waals surface area (Å²) in [6, 6.07) is 7.06. The fourth-order valence-corrected chi connectivity index (χ4v) is 3.34. The largest absolute Gasteiger partial charge is 0.468 e. The van der Waals surface area contributed by atoms with Gasteiger partial charge in [-0.05, 0) is 45.6 Å². The first-order valence-corrected chi connectivity index (χ1v) is 11.2. The standard InChI is InChI=1S/C24H40N4O5/c1-15(2)13-18(21(25)29)27-19(14-26-16(3)22(30)32-7)20(17-11-9-8-10-12-17)28-23(31)33-24(4,5)6/h8-12,15-16,18-20,26-27H,13-14H2,1-7H3,(H2,25,29)(H,28,31)/t16-,18-,19-,20-/m0/s1. The first-order chi connectivity index (χ1) is 15.3. The number of benzene rings is 1. The highest BCUT2D eigenvalue weighted by Crippen LogP contribution is 2.20. The Balaban J connectivity index is 3.29. The Hall–Kier alpha value is -2.65. The van der Waals surface area contributed by atoms with E-state index in [2.05, 4.69) is 16.0 Å². The molecule has 33 heavy (non-hydrogen) atoms. The van der Waals surface area contributed by atoms with Crippen molar-refractivity contribution in [1.82, 2.24) is 16.0 Å². The molecule has 1 rings (SSSR count). The van der Waals surface area contributed by atoms with Crippen LogP contribution in [0, 0.1) is 5.92 Å². The molecule has 0 saturated heterocycles. The summed E-state index contributed by atoms with van der Waals surface area (Å²) >= 11 is 0. The minimum atomic E-state index is -0.681. The zero-order valence-corrected chi connectivity index (χ0v) is 20.8. The number of esters is 1. The second-order valence-electron chi connectivity index (χ2n) is 9.55. The number of alkyl carbamates (subject to hydrolysis) is 1. The van der Waals surface area contributed by atoms with Gasteiger partial charge in [0.05, 0.1) is 19.2 Å². The summed E-state index contributed by atoms with van der Waals surface area (Å²) in [6.45, 7) is 11.3. The fraction of sp³-hybridized carbons (Fsp3) is 0.625. The van der Waals surface area contributed by atoms with E-state index in [9.17, 15) is 14.4 Å². The second-order valence-corrected chi connectivity index (χ2v) is 9.55. The van der Waals surface area contributed by atoms with E-state index in [0.29, 0.717) is 6.42 Å².